The first-order valence-electron chi connectivity index (χ1n) is 14.9. The van der Waals surface area contributed by atoms with Crippen molar-refractivity contribution in [2.24, 2.45) is 5.16 Å². The van der Waals surface area contributed by atoms with Crippen molar-refractivity contribution in [1.82, 2.24) is 35.4 Å². The van der Waals surface area contributed by atoms with E-state index in [1.54, 1.807) is 12.3 Å². The van der Waals surface area contributed by atoms with E-state index in [2.05, 4.69) is 25.8 Å². The molecule has 3 atom stereocenters. The third-order valence-corrected chi connectivity index (χ3v) is 10.8. The minimum atomic E-state index is -1.62. The van der Waals surface area contributed by atoms with E-state index in [1.807, 2.05) is 60.7 Å². The Hall–Kier alpha value is -4.60. The van der Waals surface area contributed by atoms with E-state index >= 15 is 0 Å². The highest BCUT2D eigenvalue weighted by Crippen LogP contribution is 2.39. The maximum Gasteiger partial charge on any atom is 0.276 e. The second kappa shape index (κ2) is 13.5. The van der Waals surface area contributed by atoms with Crippen molar-refractivity contribution >= 4 is 62.7 Å². The monoisotopic (exact) mass is 706 g/mol. The molecule has 2 aliphatic rings. The number of hydrogen-bond acceptors (Lipinski definition) is 11. The molecule has 1 saturated heterocycles. The molecule has 4 aromatic rings. The molecule has 1 unspecified atom stereocenters. The molecule has 1 N–H and O–H groups in total. The van der Waals surface area contributed by atoms with E-state index in [4.69, 9.17) is 21.5 Å². The van der Waals surface area contributed by atoms with Gasteiger partial charge in [-0.25, -0.2) is 4.98 Å². The molecule has 0 bridgehead atoms. The Kier molecular flexibility index (Phi) is 9.36. The summed E-state index contributed by atoms with van der Waals surface area (Å²) in [7, 11) is -1.62. The summed E-state index contributed by atoms with van der Waals surface area (Å²) in [6.07, 6.45) is 0. The molecule has 2 aromatic heterocycles. The van der Waals surface area contributed by atoms with Crippen LogP contribution in [0.1, 0.15) is 54.5 Å². The Labute approximate surface area is 287 Å². The second-order valence-electron chi connectivity index (χ2n) is 11.7. The number of fused-ring (bicyclic) bond motifs is 1. The largest absolute Gasteiger partial charge is 0.381 e. The van der Waals surface area contributed by atoms with Crippen LogP contribution in [0.3, 0.4) is 0 Å². The fourth-order valence-corrected chi connectivity index (χ4v) is 7.85. The molecule has 0 spiro atoms. The molecule has 48 heavy (non-hydrogen) atoms. The molecular weight excluding hydrogens is 676 g/mol. The number of aromatic nitrogens is 5. The molecule has 0 radical (unpaired) electrons. The van der Waals surface area contributed by atoms with Crippen molar-refractivity contribution in [3.05, 3.63) is 99.3 Å². The van der Waals surface area contributed by atoms with Gasteiger partial charge in [0.2, 0.25) is 5.82 Å². The van der Waals surface area contributed by atoms with Gasteiger partial charge in [-0.3, -0.25) is 23.5 Å². The molecule has 0 saturated carbocycles. The van der Waals surface area contributed by atoms with E-state index in [0.717, 1.165) is 11.1 Å². The zero-order valence-corrected chi connectivity index (χ0v) is 28.8. The van der Waals surface area contributed by atoms with Gasteiger partial charge in [-0.2, -0.15) is 4.80 Å². The van der Waals surface area contributed by atoms with Gasteiger partial charge in [0.25, 0.3) is 11.8 Å². The second-order valence-corrected chi connectivity index (χ2v) is 14.5. The number of alkyl halides is 1. The number of nitrogens with zero attached hydrogens (tertiary/aromatic N) is 7. The van der Waals surface area contributed by atoms with Gasteiger partial charge < -0.3 is 10.2 Å². The van der Waals surface area contributed by atoms with Gasteiger partial charge in [-0.1, -0.05) is 65.8 Å². The van der Waals surface area contributed by atoms with Gasteiger partial charge in [-0.05, 0) is 49.6 Å². The summed E-state index contributed by atoms with van der Waals surface area (Å²) in [4.78, 5) is 52.0. The number of halogens is 1. The maximum atomic E-state index is 13.8. The maximum absolute atomic E-state index is 13.8. The van der Waals surface area contributed by atoms with E-state index in [0.29, 0.717) is 16.3 Å². The van der Waals surface area contributed by atoms with Crippen molar-refractivity contribution in [3.8, 4) is 0 Å². The Morgan fingerprint density at radius 1 is 1.15 bits per heavy atom. The smallest absolute Gasteiger partial charge is 0.276 e. The number of ketones is 1. The van der Waals surface area contributed by atoms with Crippen LogP contribution in [0.15, 0.2) is 76.8 Å². The lowest BCUT2D eigenvalue weighted by Gasteiger charge is -2.49. The number of β-lactam (4-membered cyclic amide) rings is 1. The predicted molar refractivity (Wildman–Crippen MR) is 180 cm³/mol. The third-order valence-electron chi connectivity index (χ3n) is 8.04. The van der Waals surface area contributed by atoms with Crippen molar-refractivity contribution < 1.29 is 23.4 Å². The first-order chi connectivity index (χ1) is 23.0. The minimum Gasteiger partial charge on any atom is -0.381 e. The molecule has 4 heterocycles. The van der Waals surface area contributed by atoms with Crippen molar-refractivity contribution in [3.63, 3.8) is 0 Å². The van der Waals surface area contributed by atoms with Gasteiger partial charge in [0, 0.05) is 11.3 Å². The number of nitrogens with one attached hydrogen (secondary N) is 1. The molecule has 2 amide bonds. The van der Waals surface area contributed by atoms with Crippen LogP contribution in [0.5, 0.6) is 0 Å². The number of rotatable bonds is 11. The van der Waals surface area contributed by atoms with Crippen LogP contribution in [0, 0.1) is 6.92 Å². The molecule has 2 aliphatic heterocycles. The van der Waals surface area contributed by atoms with E-state index in [-0.39, 0.29) is 34.6 Å². The molecule has 248 valence electrons. The molecule has 0 aliphatic carbocycles. The highest BCUT2D eigenvalue weighted by atomic mass is 35.5. The van der Waals surface area contributed by atoms with Gasteiger partial charge >= 0.3 is 0 Å². The van der Waals surface area contributed by atoms with Crippen LogP contribution in [0.2, 0.25) is 0 Å². The lowest BCUT2D eigenvalue weighted by atomic mass is 9.99. The SMILES string of the molecule is CC(=O)C(C)(C)O/N=C(\C(=O)N[C@@H]1C(=O)N2C(c3nnn(C(c4ccccc4)c4ccccc4)n3)=C(CCl)CS(=O)[C@H]12)c1csc(C)n1. The fourth-order valence-electron chi connectivity index (χ4n) is 5.24. The summed E-state index contributed by atoms with van der Waals surface area (Å²) in [5, 5.41) is 21.4. The van der Waals surface area contributed by atoms with Crippen LogP contribution in [-0.4, -0.2) is 86.3 Å². The number of Topliss-reactive ketones (excluding diaryl/α,β-unsaturated/α-hetero) is 1. The first kappa shape index (κ1) is 33.3. The van der Waals surface area contributed by atoms with Crippen LogP contribution < -0.4 is 5.32 Å². The average Bonchev–Trinajstić information content (AvgIpc) is 3.73. The summed E-state index contributed by atoms with van der Waals surface area (Å²) < 4.78 is 13.5. The van der Waals surface area contributed by atoms with Crippen molar-refractivity contribution in [2.75, 3.05) is 11.6 Å². The van der Waals surface area contributed by atoms with Crippen LogP contribution >= 0.6 is 22.9 Å². The predicted octanol–water partition coefficient (Wildman–Crippen LogP) is 3.23. The number of aryl methyl sites for hydroxylation is 1. The first-order valence-corrected chi connectivity index (χ1v) is 17.7. The number of thiazole rings is 1. The molecule has 16 heteroatoms. The summed E-state index contributed by atoms with van der Waals surface area (Å²) in [5.74, 6) is -1.45. The third kappa shape index (κ3) is 6.32. The topological polar surface area (TPSA) is 162 Å². The molecular formula is C32H31ClN8O5S2. The zero-order chi connectivity index (χ0) is 34.2. The standard InChI is InChI=1S/C32H31ClN8O5S2/c1-18(42)32(3,4)46-38-24(23-16-47-19(2)34-23)29(43)35-25-30(44)40-27(22(15-33)17-48(45)31(25)40)28-36-39-41(37-28)26(20-11-7-5-8-12-20)21-13-9-6-10-14-21/h5-14,16,25-26,31H,15,17H2,1-4H3,(H,35,43)/b38-24-/t25-,31-,48?/m1/s1. The summed E-state index contributed by atoms with van der Waals surface area (Å²) in [6.45, 7) is 6.15. The van der Waals surface area contributed by atoms with Gasteiger partial charge in [0.05, 0.1) is 27.3 Å². The lowest BCUT2D eigenvalue weighted by molar-refractivity contribution is -0.143. The van der Waals surface area contributed by atoms with Crippen molar-refractivity contribution in [1.29, 1.82) is 0 Å². The molecule has 13 nitrogen and oxygen atoms in total. The highest BCUT2D eigenvalue weighted by Gasteiger charge is 2.57. The lowest BCUT2D eigenvalue weighted by Crippen LogP contribution is -2.73. The summed E-state index contributed by atoms with van der Waals surface area (Å²) >= 11 is 7.61. The zero-order valence-electron chi connectivity index (χ0n) is 26.4. The van der Waals surface area contributed by atoms with Gasteiger partial charge in [-0.15, -0.1) is 33.1 Å². The molecule has 6 rings (SSSR count). The van der Waals surface area contributed by atoms with E-state index < -0.39 is 45.7 Å². The molecule has 2 aromatic carbocycles. The van der Waals surface area contributed by atoms with Gasteiger partial charge in [0.15, 0.2) is 17.1 Å². The van der Waals surface area contributed by atoms with Crippen LogP contribution in [0.25, 0.3) is 5.70 Å². The number of benzene rings is 2. The van der Waals surface area contributed by atoms with Crippen LogP contribution in [-0.2, 0) is 30.0 Å². The molecule has 1 fully saturated rings. The van der Waals surface area contributed by atoms with E-state index in [1.165, 1.54) is 41.8 Å². The Bertz CT molecular complexity index is 1920. The summed E-state index contributed by atoms with van der Waals surface area (Å²) in [6, 6.07) is 17.8. The Balaban J connectivity index is 1.30. The Morgan fingerprint density at radius 2 is 1.79 bits per heavy atom. The minimum absolute atomic E-state index is 0.0206. The van der Waals surface area contributed by atoms with Crippen molar-refractivity contribution in [2.45, 2.75) is 50.8 Å². The number of carbonyl (C=O) groups excluding carboxylic acids is 3. The average molecular weight is 707 g/mol. The Morgan fingerprint density at radius 3 is 2.35 bits per heavy atom. The van der Waals surface area contributed by atoms with Crippen LogP contribution in [0.4, 0.5) is 0 Å². The normalized spacial score (nSPS) is 19.6. The number of tetrazole rings is 1. The number of carbonyl (C=O) groups is 3. The number of oxime groups is 1. The van der Waals surface area contributed by atoms with E-state index in [9.17, 15) is 18.6 Å². The summed E-state index contributed by atoms with van der Waals surface area (Å²) in [5.41, 5.74) is 1.34. The number of hydrogen-bond donors (Lipinski definition) is 1. The van der Waals surface area contributed by atoms with Gasteiger partial charge in [0.1, 0.15) is 23.2 Å². The number of amides is 2. The fraction of sp³-hybridized carbons (Fsp3) is 0.312. The highest BCUT2D eigenvalue weighted by molar-refractivity contribution is 7.86. The quantitative estimate of drug-likeness (QED) is 0.107.